The number of carbonyl (C=O) groups is 2. The quantitative estimate of drug-likeness (QED) is 0.361. The van der Waals surface area contributed by atoms with Crippen LogP contribution in [0.25, 0.3) is 5.76 Å². The number of hydrogen-bond donors (Lipinski definition) is 1. The molecule has 1 aliphatic heterocycles. The molecule has 1 atom stereocenters. The Hall–Kier alpha value is -4.00. The monoisotopic (exact) mass is 432 g/mol. The molecule has 0 radical (unpaired) electrons. The smallest absolute Gasteiger partial charge is 0.301 e. The van der Waals surface area contributed by atoms with E-state index in [1.807, 2.05) is 13.8 Å². The fourth-order valence-corrected chi connectivity index (χ4v) is 3.64. The Balaban J connectivity index is 1.85. The van der Waals surface area contributed by atoms with E-state index >= 15 is 0 Å². The van der Waals surface area contributed by atoms with Crippen LogP contribution in [-0.4, -0.2) is 27.9 Å². The first-order valence-corrected chi connectivity index (χ1v) is 10.1. The standard InChI is InChI=1S/C25H21FN2O4/c1-15(2)32-19-12-8-17(9-13-19)23(29)21-22(16-6-10-18(26)11-7-16)28(25(31)24(21)30)20-5-3-4-14-27-20/h3-15,22,29H,1-2H3/b23-21+. The van der Waals surface area contributed by atoms with Crippen molar-refractivity contribution >= 4 is 23.3 Å². The minimum Gasteiger partial charge on any atom is -0.507 e. The lowest BCUT2D eigenvalue weighted by molar-refractivity contribution is -0.132. The molecule has 1 aromatic heterocycles. The van der Waals surface area contributed by atoms with E-state index in [9.17, 15) is 19.1 Å². The van der Waals surface area contributed by atoms with Gasteiger partial charge in [-0.05, 0) is 67.9 Å². The SMILES string of the molecule is CC(C)Oc1ccc(/C(O)=C2\C(=O)C(=O)N(c3ccccn3)C2c2ccc(F)cc2)cc1. The Bertz CT molecular complexity index is 1170. The summed E-state index contributed by atoms with van der Waals surface area (Å²) in [6.45, 7) is 3.80. The molecule has 7 heteroatoms. The zero-order chi connectivity index (χ0) is 22.8. The molecule has 1 N–H and O–H groups in total. The summed E-state index contributed by atoms with van der Waals surface area (Å²) in [6, 6.07) is 16.0. The van der Waals surface area contributed by atoms with Gasteiger partial charge in [-0.3, -0.25) is 14.5 Å². The van der Waals surface area contributed by atoms with Crippen molar-refractivity contribution in [3.63, 3.8) is 0 Å². The molecule has 6 nitrogen and oxygen atoms in total. The molecule has 0 spiro atoms. The largest absolute Gasteiger partial charge is 0.507 e. The molecule has 2 heterocycles. The van der Waals surface area contributed by atoms with Crippen molar-refractivity contribution in [3.05, 3.63) is 95.4 Å². The van der Waals surface area contributed by atoms with Crippen LogP contribution in [0.4, 0.5) is 10.2 Å². The Labute approximate surface area is 184 Å². The molecule has 162 valence electrons. The van der Waals surface area contributed by atoms with Crippen LogP contribution in [0, 0.1) is 5.82 Å². The number of nitrogens with zero attached hydrogens (tertiary/aromatic N) is 2. The van der Waals surface area contributed by atoms with Crippen LogP contribution in [0.3, 0.4) is 0 Å². The number of amides is 1. The lowest BCUT2D eigenvalue weighted by Crippen LogP contribution is -2.30. The number of aliphatic hydroxyl groups excluding tert-OH is 1. The minimum atomic E-state index is -0.961. The third kappa shape index (κ3) is 3.97. The Morgan fingerprint density at radius 2 is 1.72 bits per heavy atom. The number of ketones is 1. The van der Waals surface area contributed by atoms with Crippen molar-refractivity contribution in [2.24, 2.45) is 0 Å². The summed E-state index contributed by atoms with van der Waals surface area (Å²) in [5, 5.41) is 11.1. The van der Waals surface area contributed by atoms with E-state index in [0.717, 1.165) is 0 Å². The van der Waals surface area contributed by atoms with Crippen LogP contribution < -0.4 is 9.64 Å². The van der Waals surface area contributed by atoms with Crippen molar-refractivity contribution in [2.75, 3.05) is 4.90 Å². The summed E-state index contributed by atoms with van der Waals surface area (Å²) in [6.07, 6.45) is 1.49. The van der Waals surface area contributed by atoms with Crippen LogP contribution in [-0.2, 0) is 9.59 Å². The number of hydrogen-bond acceptors (Lipinski definition) is 5. The van der Waals surface area contributed by atoms with Crippen LogP contribution in [0.15, 0.2) is 78.5 Å². The van der Waals surface area contributed by atoms with E-state index < -0.39 is 23.5 Å². The maximum Gasteiger partial charge on any atom is 0.301 e. The third-order valence-electron chi connectivity index (χ3n) is 5.03. The molecule has 1 aliphatic rings. The molecule has 1 unspecified atom stereocenters. The fraction of sp³-hybridized carbons (Fsp3) is 0.160. The molecule has 3 aromatic rings. The fourth-order valence-electron chi connectivity index (χ4n) is 3.64. The van der Waals surface area contributed by atoms with Crippen LogP contribution in [0.2, 0.25) is 0 Å². The van der Waals surface area contributed by atoms with Crippen molar-refractivity contribution in [1.29, 1.82) is 0 Å². The van der Waals surface area contributed by atoms with Crippen LogP contribution >= 0.6 is 0 Å². The maximum atomic E-state index is 13.6. The Kier molecular flexibility index (Phi) is 5.73. The molecule has 0 saturated carbocycles. The number of rotatable bonds is 5. The molecular formula is C25H21FN2O4. The van der Waals surface area contributed by atoms with Gasteiger partial charge in [0.2, 0.25) is 0 Å². The summed E-state index contributed by atoms with van der Waals surface area (Å²) in [4.78, 5) is 31.4. The maximum absolute atomic E-state index is 13.6. The minimum absolute atomic E-state index is 0.0170. The lowest BCUT2D eigenvalue weighted by atomic mass is 9.95. The van der Waals surface area contributed by atoms with Crippen molar-refractivity contribution in [2.45, 2.75) is 26.0 Å². The van der Waals surface area contributed by atoms with Gasteiger partial charge in [-0.1, -0.05) is 18.2 Å². The summed E-state index contributed by atoms with van der Waals surface area (Å²) in [5.74, 6) is -1.58. The first kappa shape index (κ1) is 21.2. The Morgan fingerprint density at radius 1 is 1.03 bits per heavy atom. The predicted molar refractivity (Wildman–Crippen MR) is 118 cm³/mol. The molecule has 1 amide bonds. The van der Waals surface area contributed by atoms with Gasteiger partial charge in [0.25, 0.3) is 5.78 Å². The molecule has 2 aromatic carbocycles. The number of pyridine rings is 1. The van der Waals surface area contributed by atoms with Crippen molar-refractivity contribution in [1.82, 2.24) is 4.98 Å². The van der Waals surface area contributed by atoms with E-state index in [4.69, 9.17) is 4.74 Å². The average Bonchev–Trinajstić information content (AvgIpc) is 3.05. The van der Waals surface area contributed by atoms with E-state index in [0.29, 0.717) is 16.9 Å². The molecular weight excluding hydrogens is 411 g/mol. The van der Waals surface area contributed by atoms with E-state index in [1.165, 1.54) is 35.4 Å². The number of benzene rings is 2. The van der Waals surface area contributed by atoms with Gasteiger partial charge in [0.1, 0.15) is 23.1 Å². The molecule has 1 fully saturated rings. The van der Waals surface area contributed by atoms with Gasteiger partial charge in [-0.2, -0.15) is 0 Å². The van der Waals surface area contributed by atoms with Gasteiger partial charge in [0.15, 0.2) is 0 Å². The van der Waals surface area contributed by atoms with Crippen molar-refractivity contribution in [3.8, 4) is 5.75 Å². The number of halogens is 1. The zero-order valence-electron chi connectivity index (χ0n) is 17.5. The number of aromatic nitrogens is 1. The number of aliphatic hydroxyl groups is 1. The van der Waals surface area contributed by atoms with Gasteiger partial charge in [0.05, 0.1) is 17.7 Å². The first-order valence-electron chi connectivity index (χ1n) is 10.1. The average molecular weight is 432 g/mol. The summed E-state index contributed by atoms with van der Waals surface area (Å²) in [7, 11) is 0. The summed E-state index contributed by atoms with van der Waals surface area (Å²) >= 11 is 0. The van der Waals surface area contributed by atoms with Gasteiger partial charge in [-0.15, -0.1) is 0 Å². The molecule has 4 rings (SSSR count). The highest BCUT2D eigenvalue weighted by Crippen LogP contribution is 2.41. The predicted octanol–water partition coefficient (Wildman–Crippen LogP) is 4.63. The highest BCUT2D eigenvalue weighted by Gasteiger charge is 2.47. The molecule has 1 saturated heterocycles. The van der Waals surface area contributed by atoms with Crippen LogP contribution in [0.1, 0.15) is 31.0 Å². The van der Waals surface area contributed by atoms with Gasteiger partial charge in [0, 0.05) is 11.8 Å². The number of anilines is 1. The summed E-state index contributed by atoms with van der Waals surface area (Å²) in [5.41, 5.74) is 0.731. The third-order valence-corrected chi connectivity index (χ3v) is 5.03. The van der Waals surface area contributed by atoms with Gasteiger partial charge in [-0.25, -0.2) is 9.37 Å². The zero-order valence-corrected chi connectivity index (χ0v) is 17.5. The second kappa shape index (κ2) is 8.63. The van der Waals surface area contributed by atoms with Gasteiger partial charge >= 0.3 is 5.91 Å². The van der Waals surface area contributed by atoms with E-state index in [2.05, 4.69) is 4.98 Å². The molecule has 32 heavy (non-hydrogen) atoms. The Morgan fingerprint density at radius 3 is 2.31 bits per heavy atom. The van der Waals surface area contributed by atoms with Crippen LogP contribution in [0.5, 0.6) is 5.75 Å². The first-order chi connectivity index (χ1) is 15.4. The van der Waals surface area contributed by atoms with Crippen molar-refractivity contribution < 1.29 is 23.8 Å². The summed E-state index contributed by atoms with van der Waals surface area (Å²) < 4.78 is 19.2. The molecule has 0 bridgehead atoms. The topological polar surface area (TPSA) is 79.7 Å². The lowest BCUT2D eigenvalue weighted by Gasteiger charge is -2.24. The normalized spacial score (nSPS) is 17.8. The van der Waals surface area contributed by atoms with E-state index in [-0.39, 0.29) is 23.3 Å². The van der Waals surface area contributed by atoms with Gasteiger partial charge < -0.3 is 9.84 Å². The number of ether oxygens (including phenoxy) is 1. The van der Waals surface area contributed by atoms with E-state index in [1.54, 1.807) is 42.5 Å². The highest BCUT2D eigenvalue weighted by molar-refractivity contribution is 6.51. The molecule has 0 aliphatic carbocycles. The second-order valence-electron chi connectivity index (χ2n) is 7.60. The highest BCUT2D eigenvalue weighted by atomic mass is 19.1. The second-order valence-corrected chi connectivity index (χ2v) is 7.60. The number of Topliss-reactive ketones (excluding diaryl/α,β-unsaturated/α-hetero) is 1. The number of carbonyl (C=O) groups excluding carboxylic acids is 2.